The maximum absolute atomic E-state index is 6.02. The molecule has 0 aromatic carbocycles. The Morgan fingerprint density at radius 1 is 1.50 bits per heavy atom. The van der Waals surface area contributed by atoms with E-state index in [0.717, 1.165) is 38.2 Å². The van der Waals surface area contributed by atoms with E-state index in [4.69, 9.17) is 16.3 Å². The quantitative estimate of drug-likeness (QED) is 0.832. The van der Waals surface area contributed by atoms with Crippen molar-refractivity contribution in [2.45, 2.75) is 39.2 Å². The number of nitrogens with one attached hydrogen (secondary N) is 1. The van der Waals surface area contributed by atoms with Gasteiger partial charge in [0, 0.05) is 19.2 Å². The average Bonchev–Trinajstić information content (AvgIpc) is 2.81. The Bertz CT molecular complexity index is 392. The molecule has 2 heterocycles. The highest BCUT2D eigenvalue weighted by molar-refractivity contribution is 6.29. The summed E-state index contributed by atoms with van der Waals surface area (Å²) >= 11 is 6.02. The third kappa shape index (κ3) is 3.82. The van der Waals surface area contributed by atoms with Crippen LogP contribution in [-0.2, 0) is 4.74 Å². The van der Waals surface area contributed by atoms with Gasteiger partial charge in [-0.1, -0.05) is 25.4 Å². The molecule has 5 heteroatoms. The predicted octanol–water partition coefficient (Wildman–Crippen LogP) is 3.44. The summed E-state index contributed by atoms with van der Waals surface area (Å²) in [4.78, 5) is 8.73. The van der Waals surface area contributed by atoms with Gasteiger partial charge in [0.15, 0.2) is 5.82 Å². The van der Waals surface area contributed by atoms with Gasteiger partial charge in [0.1, 0.15) is 17.1 Å². The number of anilines is 1. The molecule has 1 atom stereocenters. The van der Waals surface area contributed by atoms with Crippen molar-refractivity contribution in [1.82, 2.24) is 9.97 Å². The molecule has 0 amide bonds. The highest BCUT2D eigenvalue weighted by Crippen LogP contribution is 2.27. The van der Waals surface area contributed by atoms with Crippen LogP contribution in [0.3, 0.4) is 0 Å². The minimum absolute atomic E-state index is 0.00866. The summed E-state index contributed by atoms with van der Waals surface area (Å²) in [6, 6.07) is 1.76. The number of halogens is 1. The average molecular weight is 270 g/mol. The van der Waals surface area contributed by atoms with Crippen molar-refractivity contribution >= 4 is 17.4 Å². The van der Waals surface area contributed by atoms with Gasteiger partial charge in [0.2, 0.25) is 0 Å². The maximum atomic E-state index is 6.02. The Labute approximate surface area is 113 Å². The Kier molecular flexibility index (Phi) is 4.78. The highest BCUT2D eigenvalue weighted by atomic mass is 35.5. The summed E-state index contributed by atoms with van der Waals surface area (Å²) in [7, 11) is 0. The first-order chi connectivity index (χ1) is 8.65. The zero-order valence-electron chi connectivity index (χ0n) is 10.9. The maximum Gasteiger partial charge on any atom is 0.161 e. The number of ether oxygens (including phenoxy) is 1. The summed E-state index contributed by atoms with van der Waals surface area (Å²) in [5.41, 5.74) is 0. The fourth-order valence-electron chi connectivity index (χ4n) is 1.94. The van der Waals surface area contributed by atoms with Crippen molar-refractivity contribution in [3.8, 4) is 0 Å². The lowest BCUT2D eigenvalue weighted by atomic mass is 10.1. The Morgan fingerprint density at radius 3 is 3.00 bits per heavy atom. The van der Waals surface area contributed by atoms with Crippen molar-refractivity contribution in [1.29, 1.82) is 0 Å². The Morgan fingerprint density at radius 2 is 2.33 bits per heavy atom. The molecule has 1 aliphatic rings. The predicted molar refractivity (Wildman–Crippen MR) is 72.9 cm³/mol. The van der Waals surface area contributed by atoms with Gasteiger partial charge in [-0.15, -0.1) is 0 Å². The second-order valence-electron chi connectivity index (χ2n) is 5.05. The van der Waals surface area contributed by atoms with Crippen molar-refractivity contribution < 1.29 is 4.74 Å². The minimum Gasteiger partial charge on any atom is -0.370 e. The van der Waals surface area contributed by atoms with Crippen LogP contribution in [0.15, 0.2) is 6.07 Å². The van der Waals surface area contributed by atoms with Gasteiger partial charge in [0.25, 0.3) is 0 Å². The third-order valence-electron chi connectivity index (χ3n) is 2.96. The molecule has 0 spiro atoms. The largest absolute Gasteiger partial charge is 0.370 e. The van der Waals surface area contributed by atoms with Crippen molar-refractivity contribution in [2.24, 2.45) is 5.92 Å². The number of aromatic nitrogens is 2. The van der Waals surface area contributed by atoms with E-state index in [1.54, 1.807) is 6.07 Å². The standard InChI is InChI=1S/C13H20ClN3O/c1-9(2)5-6-15-12-8-11(14)16-13(17-12)10-4-3-7-18-10/h8-10H,3-7H2,1-2H3,(H,15,16,17). The van der Waals surface area contributed by atoms with Crippen molar-refractivity contribution in [3.05, 3.63) is 17.0 Å². The van der Waals surface area contributed by atoms with E-state index in [0.29, 0.717) is 16.9 Å². The second-order valence-corrected chi connectivity index (χ2v) is 5.43. The lowest BCUT2D eigenvalue weighted by Crippen LogP contribution is -2.10. The van der Waals surface area contributed by atoms with E-state index in [-0.39, 0.29) is 6.10 Å². The van der Waals surface area contributed by atoms with Crippen LogP contribution in [0.4, 0.5) is 5.82 Å². The monoisotopic (exact) mass is 269 g/mol. The van der Waals surface area contributed by atoms with Crippen LogP contribution in [0.25, 0.3) is 0 Å². The van der Waals surface area contributed by atoms with Gasteiger partial charge in [-0.05, 0) is 25.2 Å². The highest BCUT2D eigenvalue weighted by Gasteiger charge is 2.21. The SMILES string of the molecule is CC(C)CCNc1cc(Cl)nc(C2CCCO2)n1. The molecule has 1 N–H and O–H groups in total. The lowest BCUT2D eigenvalue weighted by Gasteiger charge is -2.12. The first-order valence-electron chi connectivity index (χ1n) is 6.55. The van der Waals surface area contributed by atoms with Crippen LogP contribution in [0, 0.1) is 5.92 Å². The van der Waals surface area contributed by atoms with Crippen LogP contribution in [0.1, 0.15) is 45.0 Å². The van der Waals surface area contributed by atoms with E-state index >= 15 is 0 Å². The summed E-state index contributed by atoms with van der Waals surface area (Å²) in [5.74, 6) is 2.17. The van der Waals surface area contributed by atoms with Gasteiger partial charge >= 0.3 is 0 Å². The number of hydrogen-bond donors (Lipinski definition) is 1. The molecule has 0 bridgehead atoms. The smallest absolute Gasteiger partial charge is 0.161 e. The van der Waals surface area contributed by atoms with Crippen LogP contribution < -0.4 is 5.32 Å². The molecular weight excluding hydrogens is 250 g/mol. The molecule has 0 aliphatic carbocycles. The molecular formula is C13H20ClN3O. The lowest BCUT2D eigenvalue weighted by molar-refractivity contribution is 0.105. The van der Waals surface area contributed by atoms with Crippen LogP contribution in [-0.4, -0.2) is 23.1 Å². The van der Waals surface area contributed by atoms with E-state index < -0.39 is 0 Å². The van der Waals surface area contributed by atoms with Crippen LogP contribution >= 0.6 is 11.6 Å². The molecule has 0 radical (unpaired) electrons. The molecule has 100 valence electrons. The summed E-state index contributed by atoms with van der Waals surface area (Å²) in [5, 5.41) is 3.76. The van der Waals surface area contributed by atoms with E-state index in [2.05, 4.69) is 29.1 Å². The number of rotatable bonds is 5. The summed E-state index contributed by atoms with van der Waals surface area (Å²) in [6.45, 7) is 6.09. The third-order valence-corrected chi connectivity index (χ3v) is 3.15. The first-order valence-corrected chi connectivity index (χ1v) is 6.93. The Balaban J connectivity index is 2.01. The van der Waals surface area contributed by atoms with Crippen LogP contribution in [0.5, 0.6) is 0 Å². The van der Waals surface area contributed by atoms with Gasteiger partial charge < -0.3 is 10.1 Å². The van der Waals surface area contributed by atoms with Crippen molar-refractivity contribution in [2.75, 3.05) is 18.5 Å². The van der Waals surface area contributed by atoms with Crippen molar-refractivity contribution in [3.63, 3.8) is 0 Å². The topological polar surface area (TPSA) is 47.0 Å². The minimum atomic E-state index is 0.00866. The molecule has 1 aromatic rings. The number of hydrogen-bond acceptors (Lipinski definition) is 4. The molecule has 0 saturated carbocycles. The van der Waals surface area contributed by atoms with Gasteiger partial charge in [-0.25, -0.2) is 9.97 Å². The van der Waals surface area contributed by atoms with Gasteiger partial charge in [-0.2, -0.15) is 0 Å². The van der Waals surface area contributed by atoms with E-state index in [9.17, 15) is 0 Å². The van der Waals surface area contributed by atoms with Gasteiger partial charge in [-0.3, -0.25) is 0 Å². The molecule has 4 nitrogen and oxygen atoms in total. The molecule has 18 heavy (non-hydrogen) atoms. The Hall–Kier alpha value is -0.870. The summed E-state index contributed by atoms with van der Waals surface area (Å²) in [6.07, 6.45) is 3.16. The molecule has 1 aromatic heterocycles. The van der Waals surface area contributed by atoms with E-state index in [1.807, 2.05) is 0 Å². The summed E-state index contributed by atoms with van der Waals surface area (Å²) < 4.78 is 5.58. The zero-order chi connectivity index (χ0) is 13.0. The first kappa shape index (κ1) is 13.6. The molecule has 1 saturated heterocycles. The normalized spacial score (nSPS) is 19.4. The molecule has 2 rings (SSSR count). The second kappa shape index (κ2) is 6.34. The fraction of sp³-hybridized carbons (Fsp3) is 0.692. The van der Waals surface area contributed by atoms with E-state index in [1.165, 1.54) is 0 Å². The fourth-order valence-corrected chi connectivity index (χ4v) is 2.13. The van der Waals surface area contributed by atoms with Crippen LogP contribution in [0.2, 0.25) is 5.15 Å². The number of nitrogens with zero attached hydrogens (tertiary/aromatic N) is 2. The zero-order valence-corrected chi connectivity index (χ0v) is 11.7. The van der Waals surface area contributed by atoms with Gasteiger partial charge in [0.05, 0.1) is 0 Å². The molecule has 1 aliphatic heterocycles. The molecule has 1 fully saturated rings. The molecule has 1 unspecified atom stereocenters.